The summed E-state index contributed by atoms with van der Waals surface area (Å²) in [4.78, 5) is 31.5. The van der Waals surface area contributed by atoms with Crippen LogP contribution < -0.4 is 11.1 Å². The van der Waals surface area contributed by atoms with Crippen molar-refractivity contribution < 1.29 is 14.0 Å². The molecule has 0 fully saturated rings. The molecule has 0 atom stereocenters. The molecule has 3 rings (SSSR count). The fraction of sp³-hybridized carbons (Fsp3) is 0.0714. The van der Waals surface area contributed by atoms with Gasteiger partial charge in [-0.15, -0.1) is 0 Å². The number of halogens is 1. The van der Waals surface area contributed by atoms with Crippen molar-refractivity contribution in [3.05, 3.63) is 47.3 Å². The Morgan fingerprint density at radius 3 is 2.92 bits per heavy atom. The maximum Gasteiger partial charge on any atom is 0.277 e. The minimum absolute atomic E-state index is 0.0252. The first-order valence-corrected chi connectivity index (χ1v) is 7.04. The van der Waals surface area contributed by atoms with Crippen molar-refractivity contribution in [3.63, 3.8) is 0 Å². The zero-order chi connectivity index (χ0) is 17.3. The van der Waals surface area contributed by atoms with Crippen molar-refractivity contribution in [1.82, 2.24) is 19.7 Å². The van der Waals surface area contributed by atoms with E-state index in [0.29, 0.717) is 5.56 Å². The van der Waals surface area contributed by atoms with Crippen molar-refractivity contribution >= 4 is 29.1 Å². The maximum atomic E-state index is 12.2. The van der Waals surface area contributed by atoms with Crippen LogP contribution in [0.3, 0.4) is 0 Å². The summed E-state index contributed by atoms with van der Waals surface area (Å²) >= 11 is 5.81. The third kappa shape index (κ3) is 3.10. The van der Waals surface area contributed by atoms with Gasteiger partial charge in [0.25, 0.3) is 11.8 Å². The second-order valence-electron chi connectivity index (χ2n) is 4.79. The highest BCUT2D eigenvalue weighted by Crippen LogP contribution is 2.21. The Labute approximate surface area is 140 Å². The van der Waals surface area contributed by atoms with Gasteiger partial charge in [-0.3, -0.25) is 14.3 Å². The molecule has 0 aliphatic carbocycles. The van der Waals surface area contributed by atoms with Gasteiger partial charge < -0.3 is 15.5 Å². The van der Waals surface area contributed by atoms with E-state index in [0.717, 1.165) is 0 Å². The van der Waals surface area contributed by atoms with E-state index in [-0.39, 0.29) is 28.1 Å². The van der Waals surface area contributed by atoms with Gasteiger partial charge in [-0.1, -0.05) is 11.6 Å². The number of carbonyl (C=O) groups excluding carboxylic acids is 2. The molecule has 0 saturated heterocycles. The second kappa shape index (κ2) is 6.13. The molecule has 10 heteroatoms. The van der Waals surface area contributed by atoms with Crippen LogP contribution in [0.2, 0.25) is 5.15 Å². The average Bonchev–Trinajstić information content (AvgIpc) is 3.14. The van der Waals surface area contributed by atoms with Gasteiger partial charge in [0.05, 0.1) is 5.69 Å². The number of carbonyl (C=O) groups is 2. The van der Waals surface area contributed by atoms with Gasteiger partial charge in [0.15, 0.2) is 11.4 Å². The molecule has 0 unspecified atom stereocenters. The number of pyridine rings is 1. The van der Waals surface area contributed by atoms with Gasteiger partial charge in [-0.25, -0.2) is 9.97 Å². The fourth-order valence-corrected chi connectivity index (χ4v) is 2.17. The number of hydrogen-bond donors (Lipinski definition) is 2. The molecule has 0 saturated carbocycles. The lowest BCUT2D eigenvalue weighted by molar-refractivity contribution is 0.0995. The molecule has 3 aromatic rings. The first kappa shape index (κ1) is 15.7. The Kier molecular flexibility index (Phi) is 4.00. The lowest BCUT2D eigenvalue weighted by Crippen LogP contribution is -2.18. The quantitative estimate of drug-likeness (QED) is 0.688. The van der Waals surface area contributed by atoms with Crippen LogP contribution in [-0.4, -0.2) is 31.6 Å². The van der Waals surface area contributed by atoms with Crippen molar-refractivity contribution in [2.75, 3.05) is 5.32 Å². The summed E-state index contributed by atoms with van der Waals surface area (Å²) < 4.78 is 6.64. The number of aryl methyl sites for hydroxylation is 1. The third-order valence-corrected chi connectivity index (χ3v) is 3.23. The van der Waals surface area contributed by atoms with Crippen LogP contribution in [-0.2, 0) is 7.05 Å². The summed E-state index contributed by atoms with van der Waals surface area (Å²) in [5, 5.41) is 6.68. The van der Waals surface area contributed by atoms with E-state index in [9.17, 15) is 9.59 Å². The molecular weight excluding hydrogens is 336 g/mol. The van der Waals surface area contributed by atoms with E-state index >= 15 is 0 Å². The molecule has 0 spiro atoms. The summed E-state index contributed by atoms with van der Waals surface area (Å²) in [6, 6.07) is 3.20. The second-order valence-corrected chi connectivity index (χ2v) is 5.18. The number of nitrogens with zero attached hydrogens (tertiary/aromatic N) is 4. The van der Waals surface area contributed by atoms with E-state index in [4.69, 9.17) is 21.8 Å². The van der Waals surface area contributed by atoms with Crippen molar-refractivity contribution in [1.29, 1.82) is 0 Å². The number of aromatic nitrogens is 4. The number of oxazole rings is 1. The number of nitrogens with one attached hydrogen (secondary N) is 1. The van der Waals surface area contributed by atoms with Crippen LogP contribution >= 0.6 is 11.6 Å². The van der Waals surface area contributed by atoms with Crippen molar-refractivity contribution in [2.24, 2.45) is 12.8 Å². The molecule has 2 amide bonds. The predicted molar refractivity (Wildman–Crippen MR) is 84.4 cm³/mol. The molecule has 3 N–H and O–H groups in total. The van der Waals surface area contributed by atoms with Gasteiger partial charge in [0.1, 0.15) is 11.4 Å². The molecule has 3 heterocycles. The number of amides is 2. The smallest absolute Gasteiger partial charge is 0.277 e. The van der Waals surface area contributed by atoms with Crippen LogP contribution in [0.4, 0.5) is 5.69 Å². The average molecular weight is 347 g/mol. The highest BCUT2D eigenvalue weighted by molar-refractivity contribution is 6.29. The van der Waals surface area contributed by atoms with Crippen molar-refractivity contribution in [3.8, 4) is 11.5 Å². The summed E-state index contributed by atoms with van der Waals surface area (Å²) in [6.07, 6.45) is 4.15. The normalized spacial score (nSPS) is 10.6. The zero-order valence-corrected chi connectivity index (χ0v) is 13.1. The first-order valence-electron chi connectivity index (χ1n) is 6.66. The predicted octanol–water partition coefficient (Wildman–Crippen LogP) is 1.47. The zero-order valence-electron chi connectivity index (χ0n) is 12.4. The Morgan fingerprint density at radius 1 is 1.42 bits per heavy atom. The van der Waals surface area contributed by atoms with Gasteiger partial charge >= 0.3 is 0 Å². The van der Waals surface area contributed by atoms with Gasteiger partial charge in [-0.2, -0.15) is 5.10 Å². The van der Waals surface area contributed by atoms with Crippen LogP contribution in [0.5, 0.6) is 0 Å². The van der Waals surface area contributed by atoms with E-state index < -0.39 is 11.8 Å². The minimum Gasteiger partial charge on any atom is -0.444 e. The van der Waals surface area contributed by atoms with Gasteiger partial charge in [0, 0.05) is 25.0 Å². The molecule has 3 aromatic heterocycles. The largest absolute Gasteiger partial charge is 0.444 e. The van der Waals surface area contributed by atoms with E-state index in [1.807, 2.05) is 0 Å². The molecule has 0 aliphatic heterocycles. The number of anilines is 1. The lowest BCUT2D eigenvalue weighted by Gasteiger charge is -2.00. The highest BCUT2D eigenvalue weighted by Gasteiger charge is 2.19. The number of rotatable bonds is 4. The van der Waals surface area contributed by atoms with Gasteiger partial charge in [-0.05, 0) is 12.1 Å². The minimum atomic E-state index is -0.752. The topological polar surface area (TPSA) is 129 Å². The fourth-order valence-electron chi connectivity index (χ4n) is 1.99. The standard InChI is InChI=1S/C14H11ClN6O3/c1-21-5-8(11(20-21)12(16)22)18-13(23)9-6-24-14(19-9)7-2-3-17-10(15)4-7/h2-6H,1H3,(H2,16,22)(H,18,23). The number of primary amides is 1. The Balaban J connectivity index is 1.83. The summed E-state index contributed by atoms with van der Waals surface area (Å²) in [5.74, 6) is -1.11. The van der Waals surface area contributed by atoms with E-state index in [2.05, 4.69) is 20.4 Å². The monoisotopic (exact) mass is 346 g/mol. The van der Waals surface area contributed by atoms with Gasteiger partial charge in [0.2, 0.25) is 5.89 Å². The Bertz CT molecular complexity index is 932. The van der Waals surface area contributed by atoms with Crippen LogP contribution in [0, 0.1) is 0 Å². The summed E-state index contributed by atoms with van der Waals surface area (Å²) in [5.41, 5.74) is 5.96. The molecule has 0 aliphatic rings. The van der Waals surface area contributed by atoms with E-state index in [1.54, 1.807) is 19.2 Å². The molecule has 0 radical (unpaired) electrons. The SMILES string of the molecule is Cn1cc(NC(=O)c2coc(-c3ccnc(Cl)c3)n2)c(C(N)=O)n1. The Morgan fingerprint density at radius 2 is 2.21 bits per heavy atom. The van der Waals surface area contributed by atoms with Crippen LogP contribution in [0.15, 0.2) is 35.2 Å². The molecule has 122 valence electrons. The molecule has 0 aromatic carbocycles. The Hall–Kier alpha value is -3.20. The molecular formula is C14H11ClN6O3. The summed E-state index contributed by atoms with van der Waals surface area (Å²) in [7, 11) is 1.60. The van der Waals surface area contributed by atoms with Crippen LogP contribution in [0.25, 0.3) is 11.5 Å². The molecule has 24 heavy (non-hydrogen) atoms. The lowest BCUT2D eigenvalue weighted by atomic mass is 10.3. The van der Waals surface area contributed by atoms with E-state index in [1.165, 1.54) is 23.3 Å². The number of hydrogen-bond acceptors (Lipinski definition) is 6. The first-order chi connectivity index (χ1) is 11.4. The maximum absolute atomic E-state index is 12.2. The van der Waals surface area contributed by atoms with Crippen molar-refractivity contribution in [2.45, 2.75) is 0 Å². The summed E-state index contributed by atoms with van der Waals surface area (Å²) in [6.45, 7) is 0. The molecule has 9 nitrogen and oxygen atoms in total. The highest BCUT2D eigenvalue weighted by atomic mass is 35.5. The molecule has 0 bridgehead atoms. The number of nitrogens with two attached hydrogens (primary N) is 1. The third-order valence-electron chi connectivity index (χ3n) is 3.02. The van der Waals surface area contributed by atoms with Crippen LogP contribution in [0.1, 0.15) is 21.0 Å².